The van der Waals surface area contributed by atoms with Crippen molar-refractivity contribution in [3.05, 3.63) is 34.9 Å². The minimum absolute atomic E-state index is 0.0177. The Hall–Kier alpha value is -1.55. The highest BCUT2D eigenvalue weighted by molar-refractivity contribution is 6.30. The molecule has 2 saturated carbocycles. The monoisotopic (exact) mass is 374 g/mol. The van der Waals surface area contributed by atoms with Crippen molar-refractivity contribution in [1.82, 2.24) is 10.2 Å². The summed E-state index contributed by atoms with van der Waals surface area (Å²) in [5, 5.41) is 3.91. The third kappa shape index (κ3) is 3.36. The molecule has 1 N–H and O–H groups in total. The molecule has 1 heterocycles. The van der Waals surface area contributed by atoms with Gasteiger partial charge in [-0.05, 0) is 49.9 Å². The first-order valence-electron chi connectivity index (χ1n) is 9.93. The van der Waals surface area contributed by atoms with Gasteiger partial charge >= 0.3 is 0 Å². The van der Waals surface area contributed by atoms with Crippen molar-refractivity contribution < 1.29 is 9.59 Å². The molecule has 3 fully saturated rings. The maximum absolute atomic E-state index is 13.0. The fourth-order valence-electron chi connectivity index (χ4n) is 5.22. The van der Waals surface area contributed by atoms with Crippen LogP contribution in [0.3, 0.4) is 0 Å². The molecule has 1 aromatic carbocycles. The molecule has 1 spiro atoms. The fourth-order valence-corrected chi connectivity index (χ4v) is 5.34. The van der Waals surface area contributed by atoms with Crippen molar-refractivity contribution in [2.45, 2.75) is 57.4 Å². The molecule has 26 heavy (non-hydrogen) atoms. The van der Waals surface area contributed by atoms with Crippen LogP contribution in [0.5, 0.6) is 0 Å². The number of carbonyl (C=O) groups is 2. The van der Waals surface area contributed by atoms with Gasteiger partial charge in [0, 0.05) is 35.1 Å². The van der Waals surface area contributed by atoms with Gasteiger partial charge in [0.1, 0.15) is 0 Å². The molecule has 4 rings (SSSR count). The maximum atomic E-state index is 13.0. The van der Waals surface area contributed by atoms with Crippen molar-refractivity contribution in [3.8, 4) is 0 Å². The number of rotatable bonds is 3. The first kappa shape index (κ1) is 17.8. The second-order valence-electron chi connectivity index (χ2n) is 8.30. The summed E-state index contributed by atoms with van der Waals surface area (Å²) in [7, 11) is 0. The SMILES string of the molecule is O=C(NC1CCCC1)C1CN(C(=O)c2ccc(Cl)cc2)CC12CCCC2. The van der Waals surface area contributed by atoms with Crippen LogP contribution in [0.15, 0.2) is 24.3 Å². The van der Waals surface area contributed by atoms with Crippen LogP contribution in [0.2, 0.25) is 5.02 Å². The molecule has 1 aliphatic heterocycles. The lowest BCUT2D eigenvalue weighted by atomic mass is 9.76. The number of hydrogen-bond donors (Lipinski definition) is 1. The van der Waals surface area contributed by atoms with Crippen LogP contribution in [-0.2, 0) is 4.79 Å². The van der Waals surface area contributed by atoms with Crippen molar-refractivity contribution >= 4 is 23.4 Å². The first-order chi connectivity index (χ1) is 12.6. The van der Waals surface area contributed by atoms with E-state index in [-0.39, 0.29) is 23.1 Å². The molecule has 0 bridgehead atoms. The van der Waals surface area contributed by atoms with Gasteiger partial charge in [-0.3, -0.25) is 9.59 Å². The number of nitrogens with one attached hydrogen (secondary N) is 1. The van der Waals surface area contributed by atoms with Gasteiger partial charge in [-0.15, -0.1) is 0 Å². The lowest BCUT2D eigenvalue weighted by Gasteiger charge is -2.29. The standard InChI is InChI=1S/C21H27ClN2O2/c22-16-9-7-15(8-10-16)20(26)24-13-18(21(14-24)11-3-4-12-21)19(25)23-17-5-1-2-6-17/h7-10,17-18H,1-6,11-14H2,(H,23,25). The molecular formula is C21H27ClN2O2. The third-order valence-corrected chi connectivity index (χ3v) is 6.90. The zero-order chi connectivity index (χ0) is 18.1. The van der Waals surface area contributed by atoms with Crippen LogP contribution in [0, 0.1) is 11.3 Å². The third-order valence-electron chi connectivity index (χ3n) is 6.64. The van der Waals surface area contributed by atoms with E-state index < -0.39 is 0 Å². The molecule has 1 atom stereocenters. The van der Waals surface area contributed by atoms with Gasteiger partial charge in [0.2, 0.25) is 5.91 Å². The van der Waals surface area contributed by atoms with Gasteiger partial charge in [0.25, 0.3) is 5.91 Å². The predicted molar refractivity (Wildman–Crippen MR) is 102 cm³/mol. The Morgan fingerprint density at radius 2 is 1.69 bits per heavy atom. The van der Waals surface area contributed by atoms with Gasteiger partial charge in [0.15, 0.2) is 0 Å². The van der Waals surface area contributed by atoms with Crippen molar-refractivity contribution in [2.24, 2.45) is 11.3 Å². The van der Waals surface area contributed by atoms with E-state index in [2.05, 4.69) is 5.32 Å². The summed E-state index contributed by atoms with van der Waals surface area (Å²) < 4.78 is 0. The molecular weight excluding hydrogens is 348 g/mol. The van der Waals surface area contributed by atoms with Gasteiger partial charge in [-0.2, -0.15) is 0 Å². The van der Waals surface area contributed by atoms with E-state index in [1.165, 1.54) is 12.8 Å². The van der Waals surface area contributed by atoms with Gasteiger partial charge in [0.05, 0.1) is 5.92 Å². The first-order valence-corrected chi connectivity index (χ1v) is 10.3. The largest absolute Gasteiger partial charge is 0.353 e. The van der Waals surface area contributed by atoms with Crippen LogP contribution < -0.4 is 5.32 Å². The van der Waals surface area contributed by atoms with Crippen molar-refractivity contribution in [3.63, 3.8) is 0 Å². The van der Waals surface area contributed by atoms with Crippen LogP contribution in [0.1, 0.15) is 61.7 Å². The molecule has 4 nitrogen and oxygen atoms in total. The van der Waals surface area contributed by atoms with E-state index in [0.29, 0.717) is 29.7 Å². The smallest absolute Gasteiger partial charge is 0.253 e. The topological polar surface area (TPSA) is 49.4 Å². The summed E-state index contributed by atoms with van der Waals surface area (Å²) in [6.45, 7) is 1.25. The van der Waals surface area contributed by atoms with Crippen LogP contribution >= 0.6 is 11.6 Å². The van der Waals surface area contributed by atoms with Crippen molar-refractivity contribution in [1.29, 1.82) is 0 Å². The maximum Gasteiger partial charge on any atom is 0.253 e. The molecule has 3 aliphatic rings. The Morgan fingerprint density at radius 3 is 2.35 bits per heavy atom. The molecule has 140 valence electrons. The Labute approximate surface area is 160 Å². The molecule has 0 radical (unpaired) electrons. The minimum atomic E-state index is -0.0677. The van der Waals surface area contributed by atoms with Crippen LogP contribution in [-0.4, -0.2) is 35.8 Å². The molecule has 0 aromatic heterocycles. The molecule has 1 unspecified atom stereocenters. The van der Waals surface area contributed by atoms with E-state index in [4.69, 9.17) is 11.6 Å². The Morgan fingerprint density at radius 1 is 1.04 bits per heavy atom. The molecule has 2 aliphatic carbocycles. The molecule has 5 heteroatoms. The number of nitrogens with zero attached hydrogens (tertiary/aromatic N) is 1. The number of halogens is 1. The van der Waals surface area contributed by atoms with Gasteiger partial charge in [-0.25, -0.2) is 0 Å². The minimum Gasteiger partial charge on any atom is -0.353 e. The van der Waals surface area contributed by atoms with Crippen LogP contribution in [0.25, 0.3) is 0 Å². The second kappa shape index (κ2) is 7.22. The zero-order valence-electron chi connectivity index (χ0n) is 15.2. The summed E-state index contributed by atoms with van der Waals surface area (Å²) in [6.07, 6.45) is 9.05. The van der Waals surface area contributed by atoms with Gasteiger partial charge < -0.3 is 10.2 Å². The van der Waals surface area contributed by atoms with E-state index in [9.17, 15) is 9.59 Å². The molecule has 1 aromatic rings. The average Bonchev–Trinajstić information content (AvgIpc) is 3.38. The highest BCUT2D eigenvalue weighted by Gasteiger charge is 2.52. The highest BCUT2D eigenvalue weighted by Crippen LogP contribution is 2.49. The number of likely N-dealkylation sites (tertiary alicyclic amines) is 1. The number of hydrogen-bond acceptors (Lipinski definition) is 2. The Balaban J connectivity index is 1.51. The summed E-state index contributed by atoms with van der Waals surface area (Å²) in [4.78, 5) is 27.9. The Kier molecular flexibility index (Phi) is 4.96. The second-order valence-corrected chi connectivity index (χ2v) is 8.74. The zero-order valence-corrected chi connectivity index (χ0v) is 15.9. The van der Waals surface area contributed by atoms with E-state index in [0.717, 1.165) is 38.5 Å². The fraction of sp³-hybridized carbons (Fsp3) is 0.619. The van der Waals surface area contributed by atoms with Crippen molar-refractivity contribution in [2.75, 3.05) is 13.1 Å². The summed E-state index contributed by atoms with van der Waals surface area (Å²) in [5.41, 5.74) is 0.629. The number of amides is 2. The van der Waals surface area contributed by atoms with E-state index in [1.807, 2.05) is 4.90 Å². The van der Waals surface area contributed by atoms with Crippen LogP contribution in [0.4, 0.5) is 0 Å². The summed E-state index contributed by atoms with van der Waals surface area (Å²) in [5.74, 6) is 0.121. The summed E-state index contributed by atoms with van der Waals surface area (Å²) >= 11 is 5.94. The lowest BCUT2D eigenvalue weighted by Crippen LogP contribution is -2.43. The predicted octanol–water partition coefficient (Wildman–Crippen LogP) is 4.03. The van der Waals surface area contributed by atoms with Gasteiger partial charge in [-0.1, -0.05) is 37.3 Å². The molecule has 1 saturated heterocycles. The summed E-state index contributed by atoms with van der Waals surface area (Å²) in [6, 6.07) is 7.39. The average molecular weight is 375 g/mol. The normalized spacial score (nSPS) is 25.1. The Bertz CT molecular complexity index is 676. The quantitative estimate of drug-likeness (QED) is 0.868. The lowest BCUT2D eigenvalue weighted by molar-refractivity contribution is -0.128. The number of benzene rings is 1. The van der Waals surface area contributed by atoms with E-state index in [1.54, 1.807) is 24.3 Å². The highest BCUT2D eigenvalue weighted by atomic mass is 35.5. The number of carbonyl (C=O) groups excluding carboxylic acids is 2. The van der Waals surface area contributed by atoms with E-state index >= 15 is 0 Å². The molecule has 2 amide bonds.